The van der Waals surface area contributed by atoms with Crippen LogP contribution < -0.4 is 9.47 Å². The molecule has 1 heterocycles. The Labute approximate surface area is 167 Å². The van der Waals surface area contributed by atoms with Gasteiger partial charge in [0.2, 0.25) is 0 Å². The molecule has 1 aliphatic rings. The molecule has 1 aromatic carbocycles. The number of fused-ring (bicyclic) bond motifs is 1. The molecule has 28 heavy (non-hydrogen) atoms. The van der Waals surface area contributed by atoms with Crippen LogP contribution in [0.1, 0.15) is 65.5 Å². The van der Waals surface area contributed by atoms with Crippen molar-refractivity contribution < 1.29 is 24.5 Å². The normalized spacial score (nSPS) is 18.1. The maximum Gasteiger partial charge on any atom is 0.308 e. The quantitative estimate of drug-likeness (QED) is 0.422. The lowest BCUT2D eigenvalue weighted by atomic mass is 9.88. The number of hydrogen-bond donors (Lipinski definition) is 2. The number of carbonyl (C=O) groups is 1. The topological polar surface area (TPSA) is 76.0 Å². The number of ether oxygens (including phenoxy) is 2. The molecule has 0 fully saturated rings. The summed E-state index contributed by atoms with van der Waals surface area (Å²) in [6.07, 6.45) is 6.11. The Hall–Kier alpha value is -2.27. The molecular formula is C23H32O5. The maximum absolute atomic E-state index is 11.7. The number of rotatable bonds is 6. The number of carbonyl (C=O) groups excluding carboxylic acids is 1. The molecule has 1 atom stereocenters. The summed E-state index contributed by atoms with van der Waals surface area (Å²) < 4.78 is 11.3. The van der Waals surface area contributed by atoms with E-state index in [0.717, 1.165) is 12.8 Å². The molecule has 0 bridgehead atoms. The number of esters is 1. The van der Waals surface area contributed by atoms with Crippen LogP contribution in [-0.4, -0.2) is 27.9 Å². The van der Waals surface area contributed by atoms with Crippen LogP contribution in [0.4, 0.5) is 0 Å². The number of aliphatic hydroxyl groups is 1. The Morgan fingerprint density at radius 3 is 2.57 bits per heavy atom. The zero-order valence-electron chi connectivity index (χ0n) is 17.8. The van der Waals surface area contributed by atoms with Gasteiger partial charge in [-0.05, 0) is 53.9 Å². The smallest absolute Gasteiger partial charge is 0.308 e. The lowest BCUT2D eigenvalue weighted by Crippen LogP contribution is -2.46. The highest BCUT2D eigenvalue weighted by Crippen LogP contribution is 2.45. The second-order valence-corrected chi connectivity index (χ2v) is 8.27. The molecule has 0 radical (unpaired) electrons. The molecule has 0 saturated heterocycles. The number of allylic oxidation sites excluding steroid dienone is 4. The van der Waals surface area contributed by atoms with Gasteiger partial charge >= 0.3 is 5.97 Å². The molecule has 0 saturated carbocycles. The summed E-state index contributed by atoms with van der Waals surface area (Å²) in [7, 11) is 0. The van der Waals surface area contributed by atoms with Gasteiger partial charge in [0, 0.05) is 30.5 Å². The van der Waals surface area contributed by atoms with E-state index >= 15 is 0 Å². The summed E-state index contributed by atoms with van der Waals surface area (Å²) in [4.78, 5) is 11.7. The van der Waals surface area contributed by atoms with E-state index in [2.05, 4.69) is 26.8 Å². The van der Waals surface area contributed by atoms with Crippen molar-refractivity contribution in [2.45, 2.75) is 78.9 Å². The molecule has 2 N–H and O–H groups in total. The SMILES string of the molecule is CC(=O)Oc1c(CC=C(C)CCC=C(C)C)c(O)cc2c1CC(O)C(C)(C)O2. The van der Waals surface area contributed by atoms with Crippen molar-refractivity contribution in [1.82, 2.24) is 0 Å². The van der Waals surface area contributed by atoms with Gasteiger partial charge in [0.25, 0.3) is 0 Å². The molecule has 0 spiro atoms. The molecule has 5 nitrogen and oxygen atoms in total. The zero-order valence-corrected chi connectivity index (χ0v) is 17.8. The lowest BCUT2D eigenvalue weighted by molar-refractivity contribution is -0.132. The van der Waals surface area contributed by atoms with E-state index in [1.165, 1.54) is 18.1 Å². The Balaban J connectivity index is 2.37. The van der Waals surface area contributed by atoms with Crippen LogP contribution >= 0.6 is 0 Å². The fraction of sp³-hybridized carbons (Fsp3) is 0.522. The Bertz CT molecular complexity index is 798. The van der Waals surface area contributed by atoms with Gasteiger partial charge in [0.1, 0.15) is 22.8 Å². The summed E-state index contributed by atoms with van der Waals surface area (Å²) in [5, 5.41) is 21.0. The third kappa shape index (κ3) is 5.38. The fourth-order valence-electron chi connectivity index (χ4n) is 3.21. The van der Waals surface area contributed by atoms with E-state index in [-0.39, 0.29) is 5.75 Å². The molecular weight excluding hydrogens is 356 g/mol. The molecule has 0 amide bonds. The van der Waals surface area contributed by atoms with Crippen LogP contribution in [0.5, 0.6) is 17.2 Å². The van der Waals surface area contributed by atoms with Gasteiger partial charge in [-0.15, -0.1) is 0 Å². The minimum atomic E-state index is -0.782. The van der Waals surface area contributed by atoms with Crippen molar-refractivity contribution in [3.8, 4) is 17.2 Å². The number of phenols is 1. The standard InChI is InChI=1S/C23H32O5/c1-14(2)8-7-9-15(3)10-11-17-19(25)13-20-18(22(17)27-16(4)24)12-21(26)23(5,6)28-20/h8,10,13,21,25-26H,7,9,11-12H2,1-6H3. The number of aromatic hydroxyl groups is 1. The largest absolute Gasteiger partial charge is 0.507 e. The van der Waals surface area contributed by atoms with Crippen LogP contribution in [0, 0.1) is 0 Å². The van der Waals surface area contributed by atoms with Crippen LogP contribution in [0.2, 0.25) is 0 Å². The highest BCUT2D eigenvalue weighted by Gasteiger charge is 2.38. The summed E-state index contributed by atoms with van der Waals surface area (Å²) in [5.74, 6) is 0.288. The molecule has 0 aliphatic carbocycles. The number of aliphatic hydroxyl groups excluding tert-OH is 1. The number of benzene rings is 1. The minimum Gasteiger partial charge on any atom is -0.507 e. The van der Waals surface area contributed by atoms with Crippen molar-refractivity contribution >= 4 is 5.97 Å². The molecule has 1 aromatic rings. The second-order valence-electron chi connectivity index (χ2n) is 8.27. The van der Waals surface area contributed by atoms with E-state index in [9.17, 15) is 15.0 Å². The lowest BCUT2D eigenvalue weighted by Gasteiger charge is -2.38. The number of hydrogen-bond acceptors (Lipinski definition) is 5. The van der Waals surface area contributed by atoms with Crippen molar-refractivity contribution in [3.63, 3.8) is 0 Å². The van der Waals surface area contributed by atoms with Crippen LogP contribution in [-0.2, 0) is 17.6 Å². The predicted octanol–water partition coefficient (Wildman–Crippen LogP) is 4.63. The van der Waals surface area contributed by atoms with E-state index < -0.39 is 17.7 Å². The zero-order chi connectivity index (χ0) is 21.1. The second kappa shape index (κ2) is 8.82. The third-order valence-corrected chi connectivity index (χ3v) is 4.99. The van der Waals surface area contributed by atoms with Crippen LogP contribution in [0.15, 0.2) is 29.4 Å². The highest BCUT2D eigenvalue weighted by molar-refractivity contribution is 5.72. The fourth-order valence-corrected chi connectivity index (χ4v) is 3.21. The summed E-state index contributed by atoms with van der Waals surface area (Å²) in [6, 6.07) is 1.55. The average Bonchev–Trinajstić information content (AvgIpc) is 2.55. The molecule has 0 aromatic heterocycles. The molecule has 2 rings (SSSR count). The molecule has 5 heteroatoms. The summed E-state index contributed by atoms with van der Waals surface area (Å²) in [6.45, 7) is 11.1. The van der Waals surface area contributed by atoms with Gasteiger partial charge in [-0.25, -0.2) is 0 Å². The predicted molar refractivity (Wildman–Crippen MR) is 110 cm³/mol. The third-order valence-electron chi connectivity index (χ3n) is 4.99. The number of phenolic OH excluding ortho intramolecular Hbond substituents is 1. The van der Waals surface area contributed by atoms with Gasteiger partial charge in [-0.2, -0.15) is 0 Å². The van der Waals surface area contributed by atoms with Crippen LogP contribution in [0.25, 0.3) is 0 Å². The molecule has 1 aliphatic heterocycles. The first kappa shape index (κ1) is 22.0. The van der Waals surface area contributed by atoms with Crippen molar-refractivity contribution in [2.75, 3.05) is 0 Å². The van der Waals surface area contributed by atoms with Gasteiger partial charge in [-0.1, -0.05) is 23.3 Å². The van der Waals surface area contributed by atoms with E-state index in [1.54, 1.807) is 19.9 Å². The van der Waals surface area contributed by atoms with Crippen molar-refractivity contribution in [2.24, 2.45) is 0 Å². The maximum atomic E-state index is 11.7. The Morgan fingerprint density at radius 2 is 1.96 bits per heavy atom. The van der Waals surface area contributed by atoms with Crippen LogP contribution in [0.3, 0.4) is 0 Å². The Kier molecular flexibility index (Phi) is 6.94. The van der Waals surface area contributed by atoms with E-state index in [0.29, 0.717) is 35.5 Å². The first-order valence-corrected chi connectivity index (χ1v) is 9.73. The van der Waals surface area contributed by atoms with Gasteiger partial charge in [0.15, 0.2) is 0 Å². The molecule has 154 valence electrons. The monoisotopic (exact) mass is 388 g/mol. The Morgan fingerprint density at radius 1 is 1.29 bits per heavy atom. The van der Waals surface area contributed by atoms with Gasteiger partial charge < -0.3 is 19.7 Å². The van der Waals surface area contributed by atoms with Crippen molar-refractivity contribution in [1.29, 1.82) is 0 Å². The van der Waals surface area contributed by atoms with E-state index in [4.69, 9.17) is 9.47 Å². The van der Waals surface area contributed by atoms with Crippen molar-refractivity contribution in [3.05, 3.63) is 40.5 Å². The first-order valence-electron chi connectivity index (χ1n) is 9.73. The summed E-state index contributed by atoms with van der Waals surface area (Å²) in [5.41, 5.74) is 2.85. The van der Waals surface area contributed by atoms with Gasteiger partial charge in [-0.3, -0.25) is 4.79 Å². The minimum absolute atomic E-state index is 0.0236. The van der Waals surface area contributed by atoms with Gasteiger partial charge in [0.05, 0.1) is 6.10 Å². The molecule has 1 unspecified atom stereocenters. The average molecular weight is 389 g/mol. The first-order chi connectivity index (χ1) is 13.0. The summed E-state index contributed by atoms with van der Waals surface area (Å²) >= 11 is 0. The van der Waals surface area contributed by atoms with E-state index in [1.807, 2.05) is 6.08 Å². The highest BCUT2D eigenvalue weighted by atomic mass is 16.5.